The number of esters is 1. The number of hydrogen-bond donors (Lipinski definition) is 1. The van der Waals surface area contributed by atoms with Gasteiger partial charge >= 0.3 is 5.97 Å². The zero-order chi connectivity index (χ0) is 18.4. The molecule has 0 radical (unpaired) electrons. The van der Waals surface area contributed by atoms with Crippen LogP contribution in [0.5, 0.6) is 5.75 Å². The molecule has 1 amide bonds. The van der Waals surface area contributed by atoms with Crippen molar-refractivity contribution >= 4 is 17.6 Å². The van der Waals surface area contributed by atoms with E-state index in [9.17, 15) is 9.59 Å². The van der Waals surface area contributed by atoms with Crippen LogP contribution in [-0.4, -0.2) is 25.1 Å². The van der Waals surface area contributed by atoms with Gasteiger partial charge in [0.25, 0.3) is 5.91 Å². The van der Waals surface area contributed by atoms with E-state index in [1.807, 2.05) is 39.0 Å². The summed E-state index contributed by atoms with van der Waals surface area (Å²) in [6.45, 7) is 5.89. The maximum absolute atomic E-state index is 12.6. The molecule has 0 heterocycles. The van der Waals surface area contributed by atoms with Crippen molar-refractivity contribution in [1.29, 1.82) is 0 Å². The molecule has 2 rings (SSSR count). The Hall–Kier alpha value is -2.82. The summed E-state index contributed by atoms with van der Waals surface area (Å²) in [4.78, 5) is 24.4. The Kier molecular flexibility index (Phi) is 6.17. The number of para-hydroxylation sites is 1. The SMILES string of the molecule is CCC(Oc1ccc(C)c(C)c1)C(=O)Nc1ccccc1C(=O)OC. The van der Waals surface area contributed by atoms with Gasteiger partial charge in [-0.25, -0.2) is 4.79 Å². The second-order valence-electron chi connectivity index (χ2n) is 5.79. The van der Waals surface area contributed by atoms with Crippen molar-refractivity contribution in [1.82, 2.24) is 0 Å². The number of aryl methyl sites for hydroxylation is 2. The van der Waals surface area contributed by atoms with Crippen molar-refractivity contribution in [3.05, 3.63) is 59.2 Å². The van der Waals surface area contributed by atoms with Crippen LogP contribution >= 0.6 is 0 Å². The van der Waals surface area contributed by atoms with Gasteiger partial charge in [-0.3, -0.25) is 4.79 Å². The van der Waals surface area contributed by atoms with Gasteiger partial charge < -0.3 is 14.8 Å². The average Bonchev–Trinajstić information content (AvgIpc) is 2.62. The lowest BCUT2D eigenvalue weighted by molar-refractivity contribution is -0.122. The number of amides is 1. The summed E-state index contributed by atoms with van der Waals surface area (Å²) in [5, 5.41) is 2.76. The lowest BCUT2D eigenvalue weighted by atomic mass is 10.1. The number of anilines is 1. The Balaban J connectivity index is 2.15. The van der Waals surface area contributed by atoms with E-state index in [1.54, 1.807) is 24.3 Å². The van der Waals surface area contributed by atoms with Crippen LogP contribution in [0.3, 0.4) is 0 Å². The quantitative estimate of drug-likeness (QED) is 0.810. The molecule has 0 aromatic heterocycles. The summed E-state index contributed by atoms with van der Waals surface area (Å²) in [7, 11) is 1.30. The fourth-order valence-electron chi connectivity index (χ4n) is 2.37. The second kappa shape index (κ2) is 8.33. The van der Waals surface area contributed by atoms with Gasteiger partial charge in [0.05, 0.1) is 18.4 Å². The van der Waals surface area contributed by atoms with Gasteiger partial charge in [-0.2, -0.15) is 0 Å². The molecule has 0 saturated heterocycles. The predicted octanol–water partition coefficient (Wildman–Crippen LogP) is 3.89. The molecule has 2 aromatic carbocycles. The minimum absolute atomic E-state index is 0.305. The molecule has 0 aliphatic rings. The highest BCUT2D eigenvalue weighted by Crippen LogP contribution is 2.20. The topological polar surface area (TPSA) is 64.6 Å². The number of carbonyl (C=O) groups is 2. The minimum atomic E-state index is -0.659. The highest BCUT2D eigenvalue weighted by Gasteiger charge is 2.21. The molecule has 1 atom stereocenters. The smallest absolute Gasteiger partial charge is 0.339 e. The first-order valence-electron chi connectivity index (χ1n) is 8.18. The monoisotopic (exact) mass is 341 g/mol. The molecule has 0 fully saturated rings. The van der Waals surface area contributed by atoms with Gasteiger partial charge in [-0.15, -0.1) is 0 Å². The van der Waals surface area contributed by atoms with Crippen LogP contribution in [0.4, 0.5) is 5.69 Å². The Morgan fingerprint density at radius 3 is 2.44 bits per heavy atom. The Bertz CT molecular complexity index is 770. The van der Waals surface area contributed by atoms with E-state index in [0.29, 0.717) is 23.4 Å². The van der Waals surface area contributed by atoms with Gasteiger partial charge in [-0.1, -0.05) is 25.1 Å². The van der Waals surface area contributed by atoms with Crippen molar-refractivity contribution in [2.24, 2.45) is 0 Å². The number of carbonyl (C=O) groups excluding carboxylic acids is 2. The van der Waals surface area contributed by atoms with Gasteiger partial charge in [0, 0.05) is 0 Å². The number of benzene rings is 2. The Labute approximate surface area is 148 Å². The zero-order valence-electron chi connectivity index (χ0n) is 15.0. The molecule has 0 aliphatic carbocycles. The summed E-state index contributed by atoms with van der Waals surface area (Å²) in [6, 6.07) is 12.4. The van der Waals surface area contributed by atoms with Crippen LogP contribution in [0.15, 0.2) is 42.5 Å². The van der Waals surface area contributed by atoms with Crippen molar-refractivity contribution < 1.29 is 19.1 Å². The first-order valence-corrected chi connectivity index (χ1v) is 8.18. The molecular formula is C20H23NO4. The zero-order valence-corrected chi connectivity index (χ0v) is 15.0. The van der Waals surface area contributed by atoms with Crippen molar-refractivity contribution in [3.63, 3.8) is 0 Å². The third kappa shape index (κ3) is 4.59. The molecule has 1 unspecified atom stereocenters. The van der Waals surface area contributed by atoms with Crippen LogP contribution in [0.25, 0.3) is 0 Å². The average molecular weight is 341 g/mol. The van der Waals surface area contributed by atoms with Crippen LogP contribution in [0.2, 0.25) is 0 Å². The van der Waals surface area contributed by atoms with Gasteiger partial charge in [0.2, 0.25) is 0 Å². The first-order chi connectivity index (χ1) is 12.0. The highest BCUT2D eigenvalue weighted by molar-refractivity contribution is 6.02. The van der Waals surface area contributed by atoms with E-state index in [2.05, 4.69) is 5.32 Å². The molecule has 5 heteroatoms. The summed E-state index contributed by atoms with van der Waals surface area (Å²) in [5.74, 6) is -0.164. The summed E-state index contributed by atoms with van der Waals surface area (Å²) in [6.07, 6.45) is -0.160. The number of hydrogen-bond acceptors (Lipinski definition) is 4. The van der Waals surface area contributed by atoms with E-state index < -0.39 is 12.1 Å². The molecule has 0 spiro atoms. The Morgan fingerprint density at radius 2 is 1.80 bits per heavy atom. The van der Waals surface area contributed by atoms with E-state index in [-0.39, 0.29) is 5.91 Å². The van der Waals surface area contributed by atoms with Gasteiger partial charge in [0.15, 0.2) is 6.10 Å². The number of methoxy groups -OCH3 is 1. The fraction of sp³-hybridized carbons (Fsp3) is 0.300. The van der Waals surface area contributed by atoms with Crippen LogP contribution < -0.4 is 10.1 Å². The molecule has 1 N–H and O–H groups in total. The largest absolute Gasteiger partial charge is 0.481 e. The third-order valence-corrected chi connectivity index (χ3v) is 4.01. The molecule has 0 aliphatic heterocycles. The Morgan fingerprint density at radius 1 is 1.08 bits per heavy atom. The standard InChI is InChI=1S/C20H23NO4/c1-5-18(25-15-11-10-13(2)14(3)12-15)19(22)21-17-9-7-6-8-16(17)20(23)24-4/h6-12,18H,5H2,1-4H3,(H,21,22). The van der Waals surface area contributed by atoms with Gasteiger partial charge in [-0.05, 0) is 55.7 Å². The summed E-state index contributed by atoms with van der Waals surface area (Å²) >= 11 is 0. The highest BCUT2D eigenvalue weighted by atomic mass is 16.5. The normalized spacial score (nSPS) is 11.5. The van der Waals surface area contributed by atoms with Crippen molar-refractivity contribution in [2.75, 3.05) is 12.4 Å². The second-order valence-corrected chi connectivity index (χ2v) is 5.79. The van der Waals surface area contributed by atoms with Crippen LogP contribution in [0, 0.1) is 13.8 Å². The van der Waals surface area contributed by atoms with E-state index in [1.165, 1.54) is 7.11 Å². The van der Waals surface area contributed by atoms with E-state index in [4.69, 9.17) is 9.47 Å². The molecule has 25 heavy (non-hydrogen) atoms. The van der Waals surface area contributed by atoms with E-state index >= 15 is 0 Å². The van der Waals surface area contributed by atoms with E-state index in [0.717, 1.165) is 11.1 Å². The first kappa shape index (κ1) is 18.5. The maximum atomic E-state index is 12.6. The number of rotatable bonds is 6. The van der Waals surface area contributed by atoms with Crippen molar-refractivity contribution in [3.8, 4) is 5.75 Å². The number of nitrogens with one attached hydrogen (secondary N) is 1. The summed E-state index contributed by atoms with van der Waals surface area (Å²) in [5.41, 5.74) is 2.97. The fourth-order valence-corrected chi connectivity index (χ4v) is 2.37. The summed E-state index contributed by atoms with van der Waals surface area (Å²) < 4.78 is 10.6. The molecule has 5 nitrogen and oxygen atoms in total. The predicted molar refractivity (Wildman–Crippen MR) is 97.0 cm³/mol. The lowest BCUT2D eigenvalue weighted by Gasteiger charge is -2.19. The molecule has 0 bridgehead atoms. The van der Waals surface area contributed by atoms with Crippen molar-refractivity contribution in [2.45, 2.75) is 33.3 Å². The molecule has 2 aromatic rings. The maximum Gasteiger partial charge on any atom is 0.339 e. The molecule has 132 valence electrons. The minimum Gasteiger partial charge on any atom is -0.481 e. The lowest BCUT2D eigenvalue weighted by Crippen LogP contribution is -2.33. The van der Waals surface area contributed by atoms with Gasteiger partial charge in [0.1, 0.15) is 5.75 Å². The van der Waals surface area contributed by atoms with Crippen LogP contribution in [0.1, 0.15) is 34.8 Å². The molecular weight excluding hydrogens is 318 g/mol. The number of ether oxygens (including phenoxy) is 2. The molecule has 0 saturated carbocycles. The third-order valence-electron chi connectivity index (χ3n) is 4.01. The van der Waals surface area contributed by atoms with Crippen LogP contribution in [-0.2, 0) is 9.53 Å².